The zero-order chi connectivity index (χ0) is 14.8. The molecule has 0 heterocycles. The van der Waals surface area contributed by atoms with Gasteiger partial charge in [-0.2, -0.15) is 0 Å². The van der Waals surface area contributed by atoms with Crippen molar-refractivity contribution in [3.05, 3.63) is 65.5 Å². The van der Waals surface area contributed by atoms with E-state index in [1.54, 1.807) is 12.1 Å². The molecule has 0 bridgehead atoms. The molecule has 0 unspecified atom stereocenters. The molecule has 3 rings (SSSR count). The first-order chi connectivity index (χ1) is 10.2. The molecule has 0 spiro atoms. The summed E-state index contributed by atoms with van der Waals surface area (Å²) in [6.45, 7) is 2.07. The molecular formula is C18H18FNO. The van der Waals surface area contributed by atoms with E-state index in [-0.39, 0.29) is 23.6 Å². The summed E-state index contributed by atoms with van der Waals surface area (Å²) in [4.78, 5) is 12.3. The Hall–Kier alpha value is -2.16. The van der Waals surface area contributed by atoms with Crippen LogP contribution in [0, 0.1) is 11.7 Å². The van der Waals surface area contributed by atoms with E-state index in [4.69, 9.17) is 0 Å². The van der Waals surface area contributed by atoms with Crippen LogP contribution in [0.3, 0.4) is 0 Å². The zero-order valence-corrected chi connectivity index (χ0v) is 12.0. The second-order valence-corrected chi connectivity index (χ2v) is 5.50. The largest absolute Gasteiger partial charge is 0.326 e. The SMILES string of the molecule is CCc1ccccc1NC(=O)[C@H]1C[C@H]1c1ccc(F)cc1. The van der Waals surface area contributed by atoms with Crippen LogP contribution in [-0.2, 0) is 11.2 Å². The molecule has 1 N–H and O–H groups in total. The van der Waals surface area contributed by atoms with E-state index in [0.717, 1.165) is 29.7 Å². The lowest BCUT2D eigenvalue weighted by Gasteiger charge is -2.09. The van der Waals surface area contributed by atoms with Gasteiger partial charge in [-0.05, 0) is 48.1 Å². The molecule has 2 aromatic rings. The molecule has 21 heavy (non-hydrogen) atoms. The first-order valence-corrected chi connectivity index (χ1v) is 7.33. The molecule has 108 valence electrons. The van der Waals surface area contributed by atoms with Crippen LogP contribution in [-0.4, -0.2) is 5.91 Å². The maximum atomic E-state index is 12.9. The Morgan fingerprint density at radius 1 is 1.19 bits per heavy atom. The lowest BCUT2D eigenvalue weighted by Crippen LogP contribution is -2.15. The Morgan fingerprint density at radius 3 is 2.62 bits per heavy atom. The van der Waals surface area contributed by atoms with Crippen LogP contribution in [0.2, 0.25) is 0 Å². The van der Waals surface area contributed by atoms with Gasteiger partial charge in [0.25, 0.3) is 0 Å². The highest BCUT2D eigenvalue weighted by Gasteiger charge is 2.43. The predicted molar refractivity (Wildman–Crippen MR) is 81.7 cm³/mol. The molecule has 1 saturated carbocycles. The number of nitrogens with one attached hydrogen (secondary N) is 1. The van der Waals surface area contributed by atoms with Crippen LogP contribution in [0.25, 0.3) is 0 Å². The Bertz CT molecular complexity index is 651. The summed E-state index contributed by atoms with van der Waals surface area (Å²) in [7, 11) is 0. The molecule has 0 radical (unpaired) electrons. The van der Waals surface area contributed by atoms with E-state index in [1.165, 1.54) is 12.1 Å². The standard InChI is InChI=1S/C18H18FNO/c1-2-12-5-3-4-6-17(12)20-18(21)16-11-15(16)13-7-9-14(19)10-8-13/h3-10,15-16H,2,11H2,1H3,(H,20,21)/t15-,16-/m0/s1. The third-order valence-corrected chi connectivity index (χ3v) is 4.08. The first kappa shape index (κ1) is 13.8. The van der Waals surface area contributed by atoms with Gasteiger partial charge in [-0.1, -0.05) is 37.3 Å². The van der Waals surface area contributed by atoms with Crippen molar-refractivity contribution < 1.29 is 9.18 Å². The first-order valence-electron chi connectivity index (χ1n) is 7.33. The monoisotopic (exact) mass is 283 g/mol. The predicted octanol–water partition coefficient (Wildman–Crippen LogP) is 4.13. The van der Waals surface area contributed by atoms with Gasteiger partial charge in [-0.25, -0.2) is 4.39 Å². The number of para-hydroxylation sites is 1. The van der Waals surface area contributed by atoms with Crippen LogP contribution in [0.15, 0.2) is 48.5 Å². The minimum atomic E-state index is -0.239. The number of aryl methyl sites for hydroxylation is 1. The number of carbonyl (C=O) groups excluding carboxylic acids is 1. The van der Waals surface area contributed by atoms with Crippen LogP contribution >= 0.6 is 0 Å². The van der Waals surface area contributed by atoms with E-state index >= 15 is 0 Å². The van der Waals surface area contributed by atoms with E-state index in [2.05, 4.69) is 12.2 Å². The van der Waals surface area contributed by atoms with Crippen molar-refractivity contribution in [3.63, 3.8) is 0 Å². The molecule has 2 nitrogen and oxygen atoms in total. The Balaban J connectivity index is 1.66. The zero-order valence-electron chi connectivity index (χ0n) is 12.0. The van der Waals surface area contributed by atoms with Crippen molar-refractivity contribution in [1.82, 2.24) is 0 Å². The fraction of sp³-hybridized carbons (Fsp3) is 0.278. The highest BCUT2D eigenvalue weighted by molar-refractivity contribution is 5.95. The van der Waals surface area contributed by atoms with Crippen molar-refractivity contribution in [2.24, 2.45) is 5.92 Å². The number of carbonyl (C=O) groups is 1. The average Bonchev–Trinajstić information content (AvgIpc) is 3.29. The van der Waals surface area contributed by atoms with Crippen LogP contribution in [0.1, 0.15) is 30.4 Å². The van der Waals surface area contributed by atoms with Gasteiger partial charge in [-0.3, -0.25) is 4.79 Å². The highest BCUT2D eigenvalue weighted by atomic mass is 19.1. The quantitative estimate of drug-likeness (QED) is 0.898. The van der Waals surface area contributed by atoms with E-state index in [1.807, 2.05) is 24.3 Å². The van der Waals surface area contributed by atoms with Gasteiger partial charge in [0, 0.05) is 11.6 Å². The lowest BCUT2D eigenvalue weighted by atomic mass is 10.1. The van der Waals surface area contributed by atoms with Crippen molar-refractivity contribution in [2.75, 3.05) is 5.32 Å². The molecule has 1 aliphatic rings. The average molecular weight is 283 g/mol. The second kappa shape index (κ2) is 5.68. The number of hydrogen-bond donors (Lipinski definition) is 1. The third-order valence-electron chi connectivity index (χ3n) is 4.08. The molecule has 1 amide bonds. The summed E-state index contributed by atoms with van der Waals surface area (Å²) < 4.78 is 12.9. The molecule has 1 fully saturated rings. The summed E-state index contributed by atoms with van der Waals surface area (Å²) in [5, 5.41) is 3.02. The summed E-state index contributed by atoms with van der Waals surface area (Å²) in [5.41, 5.74) is 3.08. The summed E-state index contributed by atoms with van der Waals surface area (Å²) in [6, 6.07) is 14.3. The van der Waals surface area contributed by atoms with Gasteiger partial charge >= 0.3 is 0 Å². The summed E-state index contributed by atoms with van der Waals surface area (Å²) in [6.07, 6.45) is 1.73. The molecule has 0 aliphatic heterocycles. The van der Waals surface area contributed by atoms with E-state index < -0.39 is 0 Å². The van der Waals surface area contributed by atoms with Gasteiger partial charge in [0.05, 0.1) is 0 Å². The Labute approximate surface area is 124 Å². The summed E-state index contributed by atoms with van der Waals surface area (Å²) in [5.74, 6) is 0.0438. The van der Waals surface area contributed by atoms with Gasteiger partial charge in [0.2, 0.25) is 5.91 Å². The van der Waals surface area contributed by atoms with Crippen LogP contribution in [0.5, 0.6) is 0 Å². The van der Waals surface area contributed by atoms with Crippen LogP contribution in [0.4, 0.5) is 10.1 Å². The van der Waals surface area contributed by atoms with Gasteiger partial charge in [-0.15, -0.1) is 0 Å². The lowest BCUT2D eigenvalue weighted by molar-refractivity contribution is -0.117. The molecular weight excluding hydrogens is 265 g/mol. The van der Waals surface area contributed by atoms with Gasteiger partial charge < -0.3 is 5.32 Å². The van der Waals surface area contributed by atoms with E-state index in [0.29, 0.717) is 0 Å². The van der Waals surface area contributed by atoms with E-state index in [9.17, 15) is 9.18 Å². The van der Waals surface area contributed by atoms with Crippen molar-refractivity contribution in [1.29, 1.82) is 0 Å². The Kier molecular flexibility index (Phi) is 3.74. The normalized spacial score (nSPS) is 20.1. The van der Waals surface area contributed by atoms with Crippen LogP contribution < -0.4 is 5.32 Å². The minimum absolute atomic E-state index is 0.000346. The van der Waals surface area contributed by atoms with Gasteiger partial charge in [0.15, 0.2) is 0 Å². The molecule has 0 saturated heterocycles. The van der Waals surface area contributed by atoms with Crippen molar-refractivity contribution >= 4 is 11.6 Å². The molecule has 2 aromatic carbocycles. The summed E-state index contributed by atoms with van der Waals surface area (Å²) >= 11 is 0. The maximum absolute atomic E-state index is 12.9. The Morgan fingerprint density at radius 2 is 1.90 bits per heavy atom. The maximum Gasteiger partial charge on any atom is 0.228 e. The number of halogens is 1. The third kappa shape index (κ3) is 2.97. The molecule has 2 atom stereocenters. The van der Waals surface area contributed by atoms with Gasteiger partial charge in [0.1, 0.15) is 5.82 Å². The van der Waals surface area contributed by atoms with Crippen molar-refractivity contribution in [3.8, 4) is 0 Å². The number of benzene rings is 2. The molecule has 0 aromatic heterocycles. The topological polar surface area (TPSA) is 29.1 Å². The number of rotatable bonds is 4. The highest BCUT2D eigenvalue weighted by Crippen LogP contribution is 2.48. The second-order valence-electron chi connectivity index (χ2n) is 5.50. The minimum Gasteiger partial charge on any atom is -0.326 e. The molecule has 3 heteroatoms. The fourth-order valence-electron chi connectivity index (χ4n) is 2.74. The molecule has 1 aliphatic carbocycles. The smallest absolute Gasteiger partial charge is 0.228 e. The number of amides is 1. The fourth-order valence-corrected chi connectivity index (χ4v) is 2.74. The number of hydrogen-bond acceptors (Lipinski definition) is 1. The van der Waals surface area contributed by atoms with Crippen molar-refractivity contribution in [2.45, 2.75) is 25.7 Å². The number of anilines is 1.